The first-order valence-corrected chi connectivity index (χ1v) is 13.1. The van der Waals surface area contributed by atoms with E-state index in [1.54, 1.807) is 13.0 Å². The summed E-state index contributed by atoms with van der Waals surface area (Å²) in [4.78, 5) is 44.4. The van der Waals surface area contributed by atoms with Gasteiger partial charge in [-0.3, -0.25) is 9.69 Å². The molecule has 2 N–H and O–H groups in total. The van der Waals surface area contributed by atoms with Crippen LogP contribution in [-0.4, -0.2) is 78.5 Å². The summed E-state index contributed by atoms with van der Waals surface area (Å²) in [5.74, 6) is 1.52. The van der Waals surface area contributed by atoms with Gasteiger partial charge in [0.1, 0.15) is 31.3 Å². The number of benzene rings is 2. The summed E-state index contributed by atoms with van der Waals surface area (Å²) in [7, 11) is 0. The number of hydrogen-bond acceptors (Lipinski definition) is 11. The predicted octanol–water partition coefficient (Wildman–Crippen LogP) is 2.70. The summed E-state index contributed by atoms with van der Waals surface area (Å²) in [5, 5.41) is 18.6. The van der Waals surface area contributed by atoms with E-state index in [2.05, 4.69) is 14.6 Å². The Hall–Kier alpha value is -4.17. The van der Waals surface area contributed by atoms with Gasteiger partial charge in [-0.1, -0.05) is 50.2 Å². The quantitative estimate of drug-likeness (QED) is 0.199. The normalized spacial score (nSPS) is 13.4. The van der Waals surface area contributed by atoms with Crippen molar-refractivity contribution in [2.24, 2.45) is 11.1 Å². The minimum atomic E-state index is -0.849. The standard InChI is InChI=1S/C18H27N3O5.C9H12N2O4/c1-15(22)20-10-8-19(9-11-20)12-16-6-4-5-7-17(16)25-13-18(2,3)14-26-21(23)24;10-7-8-3-1-2-4-9(8)14-5-6-15-11(12)13/h4-7H,8-14H2,1-3H3;1-4H,5-7,10H2. The van der Waals surface area contributed by atoms with Crippen LogP contribution in [0, 0.1) is 25.6 Å². The first-order chi connectivity index (χ1) is 19.5. The van der Waals surface area contributed by atoms with Gasteiger partial charge < -0.3 is 29.8 Å². The summed E-state index contributed by atoms with van der Waals surface area (Å²) < 4.78 is 11.2. The maximum absolute atomic E-state index is 11.4. The summed E-state index contributed by atoms with van der Waals surface area (Å²) in [6.45, 7) is 9.90. The molecule has 0 bridgehead atoms. The zero-order valence-corrected chi connectivity index (χ0v) is 23.7. The van der Waals surface area contributed by atoms with Crippen molar-refractivity contribution in [1.29, 1.82) is 0 Å². The number of nitrogens with zero attached hydrogens (tertiary/aromatic N) is 4. The lowest BCUT2D eigenvalue weighted by atomic mass is 9.96. The van der Waals surface area contributed by atoms with Gasteiger partial charge in [0.25, 0.3) is 10.2 Å². The molecule has 1 saturated heterocycles. The topological polar surface area (TPSA) is 173 Å². The molecule has 0 aliphatic carbocycles. The van der Waals surface area contributed by atoms with Gasteiger partial charge in [-0.25, -0.2) is 0 Å². The molecule has 0 atom stereocenters. The number of piperazine rings is 1. The van der Waals surface area contributed by atoms with Crippen LogP contribution in [-0.2, 0) is 27.6 Å². The summed E-state index contributed by atoms with van der Waals surface area (Å²) in [5.41, 5.74) is 6.93. The number of carbonyl (C=O) groups is 1. The number of nitrogens with two attached hydrogens (primary N) is 1. The van der Waals surface area contributed by atoms with Crippen LogP contribution in [0.1, 0.15) is 31.9 Å². The van der Waals surface area contributed by atoms with Gasteiger partial charge >= 0.3 is 0 Å². The summed E-state index contributed by atoms with van der Waals surface area (Å²) in [6, 6.07) is 15.1. The molecule has 1 aliphatic rings. The van der Waals surface area contributed by atoms with Crippen LogP contribution in [0.4, 0.5) is 0 Å². The van der Waals surface area contributed by atoms with Crippen LogP contribution in [0.15, 0.2) is 48.5 Å². The largest absolute Gasteiger partial charge is 0.493 e. The number of para-hydroxylation sites is 2. The van der Waals surface area contributed by atoms with Crippen LogP contribution in [0.5, 0.6) is 11.5 Å². The molecule has 14 heteroatoms. The van der Waals surface area contributed by atoms with Crippen molar-refractivity contribution in [2.45, 2.75) is 33.9 Å². The molecule has 14 nitrogen and oxygen atoms in total. The maximum Gasteiger partial charge on any atom is 0.294 e. The lowest BCUT2D eigenvalue weighted by Gasteiger charge is -2.34. The predicted molar refractivity (Wildman–Crippen MR) is 149 cm³/mol. The maximum atomic E-state index is 11.4. The lowest BCUT2D eigenvalue weighted by Crippen LogP contribution is -2.47. The third-order valence-electron chi connectivity index (χ3n) is 6.09. The van der Waals surface area contributed by atoms with Gasteiger partial charge in [-0.15, -0.1) is 20.2 Å². The molecule has 1 heterocycles. The summed E-state index contributed by atoms with van der Waals surface area (Å²) >= 11 is 0. The molecule has 41 heavy (non-hydrogen) atoms. The fourth-order valence-corrected chi connectivity index (χ4v) is 3.86. The van der Waals surface area contributed by atoms with E-state index in [1.165, 1.54) is 0 Å². The molecule has 0 spiro atoms. The number of ether oxygens (including phenoxy) is 2. The molecule has 1 amide bonds. The van der Waals surface area contributed by atoms with Crippen LogP contribution in [0.25, 0.3) is 0 Å². The zero-order valence-electron chi connectivity index (χ0n) is 23.7. The molecule has 1 fully saturated rings. The number of rotatable bonds is 14. The second kappa shape index (κ2) is 16.8. The van der Waals surface area contributed by atoms with Gasteiger partial charge in [-0.05, 0) is 12.1 Å². The van der Waals surface area contributed by atoms with Crippen molar-refractivity contribution in [3.8, 4) is 11.5 Å². The molecule has 2 aromatic rings. The van der Waals surface area contributed by atoms with E-state index >= 15 is 0 Å². The Balaban J connectivity index is 0.000000333. The van der Waals surface area contributed by atoms with Crippen LogP contribution < -0.4 is 15.2 Å². The highest BCUT2D eigenvalue weighted by Crippen LogP contribution is 2.24. The van der Waals surface area contributed by atoms with E-state index in [9.17, 15) is 25.0 Å². The fraction of sp³-hybridized carbons (Fsp3) is 0.519. The van der Waals surface area contributed by atoms with E-state index in [1.807, 2.05) is 61.2 Å². The molecule has 226 valence electrons. The van der Waals surface area contributed by atoms with Gasteiger partial charge in [0.2, 0.25) is 5.91 Å². The van der Waals surface area contributed by atoms with Crippen molar-refractivity contribution < 1.29 is 34.1 Å². The average Bonchev–Trinajstić information content (AvgIpc) is 2.94. The highest BCUT2D eigenvalue weighted by molar-refractivity contribution is 5.73. The molecule has 0 unspecified atom stereocenters. The second-order valence-electron chi connectivity index (χ2n) is 10.1. The van der Waals surface area contributed by atoms with Crippen molar-refractivity contribution in [3.63, 3.8) is 0 Å². The van der Waals surface area contributed by atoms with Crippen molar-refractivity contribution >= 4 is 5.91 Å². The molecule has 0 radical (unpaired) electrons. The Bertz CT molecular complexity index is 1120. The van der Waals surface area contributed by atoms with Crippen molar-refractivity contribution in [1.82, 2.24) is 9.80 Å². The van der Waals surface area contributed by atoms with Gasteiger partial charge in [0.15, 0.2) is 0 Å². The minimum Gasteiger partial charge on any atom is -0.493 e. The van der Waals surface area contributed by atoms with E-state index in [-0.39, 0.29) is 25.7 Å². The van der Waals surface area contributed by atoms with Crippen molar-refractivity contribution in [2.75, 3.05) is 52.6 Å². The SMILES string of the molecule is CC(=O)N1CCN(Cc2ccccc2OCC(C)(C)CO[N+](=O)[O-])CC1.NCc1ccccc1OCCO[N+](=O)[O-]. The molecular formula is C27H39N5O9. The molecule has 0 aromatic heterocycles. The summed E-state index contributed by atoms with van der Waals surface area (Å²) in [6.07, 6.45) is 0. The highest BCUT2D eigenvalue weighted by Gasteiger charge is 2.23. The molecule has 0 saturated carbocycles. The van der Waals surface area contributed by atoms with Crippen LogP contribution >= 0.6 is 0 Å². The van der Waals surface area contributed by atoms with E-state index in [0.717, 1.165) is 49.6 Å². The number of hydrogen-bond donors (Lipinski definition) is 1. The highest BCUT2D eigenvalue weighted by atomic mass is 17.0. The van der Waals surface area contributed by atoms with Crippen LogP contribution in [0.3, 0.4) is 0 Å². The Morgan fingerprint density at radius 2 is 1.41 bits per heavy atom. The smallest absolute Gasteiger partial charge is 0.294 e. The monoisotopic (exact) mass is 577 g/mol. The lowest BCUT2D eigenvalue weighted by molar-refractivity contribution is -0.760. The molecule has 2 aromatic carbocycles. The second-order valence-corrected chi connectivity index (χ2v) is 10.1. The first-order valence-electron chi connectivity index (χ1n) is 13.1. The Morgan fingerprint density at radius 3 is 1.98 bits per heavy atom. The molecule has 3 rings (SSSR count). The third kappa shape index (κ3) is 12.7. The molecular weight excluding hydrogens is 538 g/mol. The van der Waals surface area contributed by atoms with E-state index in [4.69, 9.17) is 15.2 Å². The van der Waals surface area contributed by atoms with Crippen molar-refractivity contribution in [3.05, 3.63) is 79.9 Å². The van der Waals surface area contributed by atoms with E-state index in [0.29, 0.717) is 18.9 Å². The van der Waals surface area contributed by atoms with Gasteiger partial charge in [-0.2, -0.15) is 0 Å². The number of amides is 1. The Labute approximate surface area is 239 Å². The zero-order chi connectivity index (χ0) is 30.3. The van der Waals surface area contributed by atoms with E-state index < -0.39 is 15.6 Å². The van der Waals surface area contributed by atoms with Crippen LogP contribution in [0.2, 0.25) is 0 Å². The molecule has 1 aliphatic heterocycles. The fourth-order valence-electron chi connectivity index (χ4n) is 3.86. The van der Waals surface area contributed by atoms with Gasteiger partial charge in [0.05, 0.1) is 6.61 Å². The first kappa shape index (κ1) is 33.0. The Morgan fingerprint density at radius 1 is 0.854 bits per heavy atom. The number of carbonyl (C=O) groups excluding carboxylic acids is 1. The minimum absolute atomic E-state index is 0.0187. The average molecular weight is 578 g/mol. The Kier molecular flexibility index (Phi) is 13.6. The van der Waals surface area contributed by atoms with Gasteiger partial charge in [0, 0.05) is 62.7 Å². The third-order valence-corrected chi connectivity index (χ3v) is 6.09.